The zero-order chi connectivity index (χ0) is 23.2. The normalized spacial score (nSPS) is 13.9. The van der Waals surface area contributed by atoms with E-state index in [1.165, 1.54) is 30.6 Å². The maximum atomic E-state index is 13.4. The molecule has 1 fully saturated rings. The highest BCUT2D eigenvalue weighted by Crippen LogP contribution is 2.16. The van der Waals surface area contributed by atoms with E-state index >= 15 is 0 Å². The van der Waals surface area contributed by atoms with Crippen LogP contribution in [0.2, 0.25) is 0 Å². The third-order valence-electron chi connectivity index (χ3n) is 5.37. The number of hydrogen-bond donors (Lipinski definition) is 2. The van der Waals surface area contributed by atoms with Crippen molar-refractivity contribution in [3.05, 3.63) is 89.6 Å². The van der Waals surface area contributed by atoms with E-state index in [1.807, 2.05) is 18.2 Å². The maximum Gasteiger partial charge on any atom is 0.273 e. The fraction of sp³-hybridized carbons (Fsp3) is 0.208. The summed E-state index contributed by atoms with van der Waals surface area (Å²) in [6.07, 6.45) is 3.89. The second-order valence-electron chi connectivity index (χ2n) is 7.62. The Balaban J connectivity index is 1.37. The highest BCUT2D eigenvalue weighted by atomic mass is 19.1. The molecular weight excluding hydrogens is 425 g/mol. The Bertz CT molecular complexity index is 1160. The number of amides is 3. The van der Waals surface area contributed by atoms with Gasteiger partial charge in [0.2, 0.25) is 0 Å². The molecule has 1 aromatic heterocycles. The second-order valence-corrected chi connectivity index (χ2v) is 7.62. The Morgan fingerprint density at radius 2 is 1.58 bits per heavy atom. The number of nitrogens with zero attached hydrogens (tertiary/aromatic N) is 3. The van der Waals surface area contributed by atoms with Gasteiger partial charge in [-0.1, -0.05) is 24.3 Å². The largest absolute Gasteiger partial charge is 0.348 e. The Kier molecular flexibility index (Phi) is 6.68. The first kappa shape index (κ1) is 22.1. The molecule has 168 valence electrons. The Morgan fingerprint density at radius 3 is 2.30 bits per heavy atom. The molecule has 4 rings (SSSR count). The Morgan fingerprint density at radius 1 is 0.879 bits per heavy atom. The number of likely N-dealkylation sites (tertiary alicyclic amines) is 1. The summed E-state index contributed by atoms with van der Waals surface area (Å²) in [5.41, 5.74) is 0.700. The van der Waals surface area contributed by atoms with Crippen LogP contribution in [0.3, 0.4) is 0 Å². The number of anilines is 1. The van der Waals surface area contributed by atoms with Gasteiger partial charge in [0.1, 0.15) is 5.82 Å². The fourth-order valence-corrected chi connectivity index (χ4v) is 3.65. The summed E-state index contributed by atoms with van der Waals surface area (Å²) in [6, 6.07) is 14.1. The predicted molar refractivity (Wildman–Crippen MR) is 119 cm³/mol. The van der Waals surface area contributed by atoms with Gasteiger partial charge in [0.05, 0.1) is 0 Å². The van der Waals surface area contributed by atoms with Gasteiger partial charge in [0, 0.05) is 42.7 Å². The molecule has 0 atom stereocenters. The Labute approximate surface area is 189 Å². The van der Waals surface area contributed by atoms with Crippen LogP contribution >= 0.6 is 0 Å². The van der Waals surface area contributed by atoms with Gasteiger partial charge in [-0.2, -0.15) is 0 Å². The zero-order valence-corrected chi connectivity index (χ0v) is 17.7. The van der Waals surface area contributed by atoms with Crippen LogP contribution in [0, 0.1) is 5.82 Å². The molecule has 1 aliphatic heterocycles. The molecule has 3 aromatic rings. The summed E-state index contributed by atoms with van der Waals surface area (Å²) < 4.78 is 13.4. The minimum Gasteiger partial charge on any atom is -0.348 e. The van der Waals surface area contributed by atoms with E-state index in [0.29, 0.717) is 31.5 Å². The molecule has 3 amide bonds. The van der Waals surface area contributed by atoms with Crippen molar-refractivity contribution < 1.29 is 18.8 Å². The van der Waals surface area contributed by atoms with Crippen molar-refractivity contribution in [2.75, 3.05) is 18.4 Å². The molecule has 0 aliphatic carbocycles. The lowest BCUT2D eigenvalue weighted by atomic mass is 10.0. The quantitative estimate of drug-likeness (QED) is 0.626. The van der Waals surface area contributed by atoms with Crippen LogP contribution in [0.25, 0.3) is 0 Å². The number of rotatable bonds is 5. The van der Waals surface area contributed by atoms with Gasteiger partial charge in [0.25, 0.3) is 17.7 Å². The number of carbonyl (C=O) groups is 3. The lowest BCUT2D eigenvalue weighted by Crippen LogP contribution is -2.46. The van der Waals surface area contributed by atoms with Crippen molar-refractivity contribution in [1.82, 2.24) is 20.2 Å². The van der Waals surface area contributed by atoms with E-state index in [-0.39, 0.29) is 29.0 Å². The first-order valence-corrected chi connectivity index (χ1v) is 10.5. The van der Waals surface area contributed by atoms with Gasteiger partial charge in [0.15, 0.2) is 11.5 Å². The molecule has 0 saturated carbocycles. The van der Waals surface area contributed by atoms with Crippen LogP contribution < -0.4 is 10.6 Å². The minimum atomic E-state index is -0.600. The SMILES string of the molecule is O=C(Nc1nccnc1C(=O)NC1CCN(C(=O)c2ccccc2)CC1)c1cccc(F)c1. The van der Waals surface area contributed by atoms with Crippen molar-refractivity contribution >= 4 is 23.5 Å². The first-order chi connectivity index (χ1) is 16.0. The molecule has 0 spiro atoms. The highest BCUT2D eigenvalue weighted by Gasteiger charge is 2.26. The summed E-state index contributed by atoms with van der Waals surface area (Å²) in [7, 11) is 0. The molecule has 2 N–H and O–H groups in total. The molecule has 0 unspecified atom stereocenters. The van der Waals surface area contributed by atoms with Gasteiger partial charge in [-0.05, 0) is 43.2 Å². The monoisotopic (exact) mass is 447 g/mol. The smallest absolute Gasteiger partial charge is 0.273 e. The van der Waals surface area contributed by atoms with Crippen LogP contribution in [-0.4, -0.2) is 51.7 Å². The molecule has 0 bridgehead atoms. The van der Waals surface area contributed by atoms with Gasteiger partial charge < -0.3 is 15.5 Å². The van der Waals surface area contributed by atoms with Gasteiger partial charge in [-0.25, -0.2) is 14.4 Å². The number of hydrogen-bond acceptors (Lipinski definition) is 5. The minimum absolute atomic E-state index is 0.0130. The van der Waals surface area contributed by atoms with E-state index in [4.69, 9.17) is 0 Å². The highest BCUT2D eigenvalue weighted by molar-refractivity contribution is 6.07. The Hall–Kier alpha value is -4.14. The summed E-state index contributed by atoms with van der Waals surface area (Å²) in [5.74, 6) is -1.67. The fourth-order valence-electron chi connectivity index (χ4n) is 3.65. The molecule has 1 aliphatic rings. The topological polar surface area (TPSA) is 104 Å². The second kappa shape index (κ2) is 9.99. The average molecular weight is 447 g/mol. The number of carbonyl (C=O) groups excluding carboxylic acids is 3. The third-order valence-corrected chi connectivity index (χ3v) is 5.37. The van der Waals surface area contributed by atoms with Crippen LogP contribution in [-0.2, 0) is 0 Å². The lowest BCUT2D eigenvalue weighted by Gasteiger charge is -2.32. The predicted octanol–water partition coefficient (Wildman–Crippen LogP) is 2.90. The van der Waals surface area contributed by atoms with E-state index in [9.17, 15) is 18.8 Å². The molecule has 1 saturated heterocycles. The molecule has 0 radical (unpaired) electrons. The number of benzene rings is 2. The van der Waals surface area contributed by atoms with E-state index < -0.39 is 17.6 Å². The molecule has 33 heavy (non-hydrogen) atoms. The third kappa shape index (κ3) is 5.38. The van der Waals surface area contributed by atoms with Crippen molar-refractivity contribution in [3.8, 4) is 0 Å². The van der Waals surface area contributed by atoms with Gasteiger partial charge >= 0.3 is 0 Å². The van der Waals surface area contributed by atoms with Crippen LogP contribution in [0.1, 0.15) is 44.0 Å². The lowest BCUT2D eigenvalue weighted by molar-refractivity contribution is 0.0697. The molecular formula is C24H22FN5O3. The van der Waals surface area contributed by atoms with Crippen molar-refractivity contribution in [2.45, 2.75) is 18.9 Å². The van der Waals surface area contributed by atoms with Crippen molar-refractivity contribution in [2.24, 2.45) is 0 Å². The van der Waals surface area contributed by atoms with Crippen molar-refractivity contribution in [3.63, 3.8) is 0 Å². The number of aromatic nitrogens is 2. The molecule has 9 heteroatoms. The summed E-state index contributed by atoms with van der Waals surface area (Å²) in [6.45, 7) is 1.03. The standard InChI is InChI=1S/C24H22FN5O3/c25-18-8-4-7-17(15-18)22(31)29-21-20(26-11-12-27-21)23(32)28-19-9-13-30(14-10-19)24(33)16-5-2-1-3-6-16/h1-8,11-12,15,19H,9-10,13-14H2,(H,28,32)(H,27,29,31). The number of halogens is 1. The van der Waals surface area contributed by atoms with Crippen LogP contribution in [0.5, 0.6) is 0 Å². The molecule has 8 nitrogen and oxygen atoms in total. The van der Waals surface area contributed by atoms with E-state index in [1.54, 1.807) is 17.0 Å². The van der Waals surface area contributed by atoms with E-state index in [2.05, 4.69) is 20.6 Å². The zero-order valence-electron chi connectivity index (χ0n) is 17.7. The maximum absolute atomic E-state index is 13.4. The first-order valence-electron chi connectivity index (χ1n) is 10.5. The van der Waals surface area contributed by atoms with E-state index in [0.717, 1.165) is 6.07 Å². The number of piperidine rings is 1. The van der Waals surface area contributed by atoms with Gasteiger partial charge in [-0.3, -0.25) is 14.4 Å². The summed E-state index contributed by atoms with van der Waals surface area (Å²) in [5, 5.41) is 5.43. The summed E-state index contributed by atoms with van der Waals surface area (Å²) in [4.78, 5) is 47.7. The number of nitrogens with one attached hydrogen (secondary N) is 2. The molecule has 2 aromatic carbocycles. The average Bonchev–Trinajstić information content (AvgIpc) is 2.85. The van der Waals surface area contributed by atoms with Gasteiger partial charge in [-0.15, -0.1) is 0 Å². The molecule has 2 heterocycles. The van der Waals surface area contributed by atoms with Crippen LogP contribution in [0.15, 0.2) is 67.0 Å². The summed E-state index contributed by atoms with van der Waals surface area (Å²) >= 11 is 0. The van der Waals surface area contributed by atoms with Crippen molar-refractivity contribution in [1.29, 1.82) is 0 Å². The van der Waals surface area contributed by atoms with Crippen LogP contribution in [0.4, 0.5) is 10.2 Å².